The van der Waals surface area contributed by atoms with Crippen LogP contribution < -0.4 is 0 Å². The molecule has 1 N–H and O–H groups in total. The highest BCUT2D eigenvalue weighted by Crippen LogP contribution is 2.01. The lowest BCUT2D eigenvalue weighted by molar-refractivity contribution is -0.133. The van der Waals surface area contributed by atoms with Crippen molar-refractivity contribution >= 4 is 6.47 Å². The number of aliphatic hydroxyl groups is 1. The van der Waals surface area contributed by atoms with Gasteiger partial charge in [0.05, 0.1) is 6.10 Å². The lowest BCUT2D eigenvalue weighted by atomic mass is 10.2. The largest absolute Gasteiger partial charge is 0.465 e. The smallest absolute Gasteiger partial charge is 0.293 e. The van der Waals surface area contributed by atoms with E-state index < -0.39 is 0 Å². The summed E-state index contributed by atoms with van der Waals surface area (Å²) in [6, 6.07) is 0. The summed E-state index contributed by atoms with van der Waals surface area (Å²) in [5.41, 5.74) is 0. The topological polar surface area (TPSA) is 46.5 Å². The van der Waals surface area contributed by atoms with E-state index in [4.69, 9.17) is 5.11 Å². The molecule has 3 heteroatoms. The molecule has 0 saturated heterocycles. The van der Waals surface area contributed by atoms with Gasteiger partial charge in [-0.1, -0.05) is 0 Å². The molecular formula is C7H14O3. The summed E-state index contributed by atoms with van der Waals surface area (Å²) in [6.45, 7) is 2.52. The van der Waals surface area contributed by atoms with Crippen LogP contribution in [0, 0.1) is 0 Å². The Balaban J connectivity index is 3.04. The molecule has 0 rings (SSSR count). The van der Waals surface area contributed by atoms with Gasteiger partial charge in [-0.3, -0.25) is 4.79 Å². The van der Waals surface area contributed by atoms with Crippen molar-refractivity contribution in [3.63, 3.8) is 0 Å². The average Bonchev–Trinajstić information content (AvgIpc) is 1.89. The van der Waals surface area contributed by atoms with Crippen molar-refractivity contribution in [3.05, 3.63) is 0 Å². The summed E-state index contributed by atoms with van der Waals surface area (Å²) in [5.74, 6) is 0. The molecule has 0 aromatic heterocycles. The molecule has 0 amide bonds. The van der Waals surface area contributed by atoms with Crippen LogP contribution in [0.2, 0.25) is 0 Å². The Labute approximate surface area is 61.0 Å². The van der Waals surface area contributed by atoms with Gasteiger partial charge < -0.3 is 9.84 Å². The molecule has 0 spiro atoms. The first-order valence-corrected chi connectivity index (χ1v) is 3.51. The van der Waals surface area contributed by atoms with Gasteiger partial charge in [0.25, 0.3) is 6.47 Å². The molecule has 0 radical (unpaired) electrons. The SMILES string of the molecule is C[C@H](CCCCO)OC=O. The molecule has 0 saturated carbocycles. The van der Waals surface area contributed by atoms with Gasteiger partial charge in [-0.15, -0.1) is 0 Å². The molecule has 0 aliphatic rings. The molecule has 0 aromatic carbocycles. The fourth-order valence-electron chi connectivity index (χ4n) is 0.706. The number of unbranched alkanes of at least 4 members (excludes halogenated alkanes) is 1. The molecule has 0 bridgehead atoms. The van der Waals surface area contributed by atoms with Gasteiger partial charge in [0, 0.05) is 6.61 Å². The van der Waals surface area contributed by atoms with Crippen LogP contribution >= 0.6 is 0 Å². The first-order valence-electron chi connectivity index (χ1n) is 3.51. The molecule has 1 atom stereocenters. The zero-order valence-corrected chi connectivity index (χ0v) is 6.25. The van der Waals surface area contributed by atoms with Gasteiger partial charge in [0.1, 0.15) is 0 Å². The van der Waals surface area contributed by atoms with E-state index in [9.17, 15) is 4.79 Å². The van der Waals surface area contributed by atoms with Gasteiger partial charge in [0.15, 0.2) is 0 Å². The highest BCUT2D eigenvalue weighted by molar-refractivity contribution is 5.37. The number of carbonyl (C=O) groups excluding carboxylic acids is 1. The van der Waals surface area contributed by atoms with Crippen LogP contribution in [0.5, 0.6) is 0 Å². The van der Waals surface area contributed by atoms with Crippen LogP contribution in [0.25, 0.3) is 0 Å². The third-order valence-electron chi connectivity index (χ3n) is 1.31. The first-order chi connectivity index (χ1) is 4.81. The predicted molar refractivity (Wildman–Crippen MR) is 37.5 cm³/mol. The third kappa shape index (κ3) is 5.56. The number of aliphatic hydroxyl groups excluding tert-OH is 1. The monoisotopic (exact) mass is 146 g/mol. The molecule has 3 nitrogen and oxygen atoms in total. The van der Waals surface area contributed by atoms with Gasteiger partial charge >= 0.3 is 0 Å². The molecule has 0 aliphatic carbocycles. The molecule has 0 heterocycles. The van der Waals surface area contributed by atoms with Crippen LogP contribution in [0.15, 0.2) is 0 Å². The van der Waals surface area contributed by atoms with Gasteiger partial charge in [-0.05, 0) is 26.2 Å². The number of hydrogen-bond acceptors (Lipinski definition) is 3. The predicted octanol–water partition coefficient (Wildman–Crippen LogP) is 0.710. The second kappa shape index (κ2) is 6.55. The van der Waals surface area contributed by atoms with Crippen LogP contribution in [-0.4, -0.2) is 24.3 Å². The van der Waals surface area contributed by atoms with E-state index in [1.807, 2.05) is 6.92 Å². The summed E-state index contributed by atoms with van der Waals surface area (Å²) in [4.78, 5) is 9.78. The van der Waals surface area contributed by atoms with Crippen molar-refractivity contribution in [2.45, 2.75) is 32.3 Å². The van der Waals surface area contributed by atoms with Crippen LogP contribution in [0.1, 0.15) is 26.2 Å². The maximum atomic E-state index is 9.78. The normalized spacial score (nSPS) is 12.6. The van der Waals surface area contributed by atoms with E-state index >= 15 is 0 Å². The number of carbonyl (C=O) groups is 1. The fraction of sp³-hybridized carbons (Fsp3) is 0.857. The Bertz CT molecular complexity index is 82.9. The summed E-state index contributed by atoms with van der Waals surface area (Å²) in [6.07, 6.45) is 2.52. The molecule has 60 valence electrons. The summed E-state index contributed by atoms with van der Waals surface area (Å²) >= 11 is 0. The van der Waals surface area contributed by atoms with Crippen molar-refractivity contribution in [1.82, 2.24) is 0 Å². The Hall–Kier alpha value is -0.570. The van der Waals surface area contributed by atoms with Crippen molar-refractivity contribution < 1.29 is 14.6 Å². The Morgan fingerprint density at radius 2 is 2.30 bits per heavy atom. The van der Waals surface area contributed by atoms with E-state index in [1.165, 1.54) is 0 Å². The minimum Gasteiger partial charge on any atom is -0.465 e. The zero-order valence-electron chi connectivity index (χ0n) is 6.25. The maximum Gasteiger partial charge on any atom is 0.293 e. The number of hydrogen-bond donors (Lipinski definition) is 1. The minimum absolute atomic E-state index is 0.0101. The van der Waals surface area contributed by atoms with E-state index in [0.717, 1.165) is 19.3 Å². The van der Waals surface area contributed by atoms with Crippen molar-refractivity contribution in [1.29, 1.82) is 0 Å². The van der Waals surface area contributed by atoms with E-state index in [-0.39, 0.29) is 12.7 Å². The maximum absolute atomic E-state index is 9.78. The highest BCUT2D eigenvalue weighted by atomic mass is 16.5. The molecule has 0 aliphatic heterocycles. The molecule has 0 aromatic rings. The van der Waals surface area contributed by atoms with Crippen LogP contribution in [-0.2, 0) is 9.53 Å². The summed E-state index contributed by atoms with van der Waals surface area (Å²) in [5, 5.41) is 8.40. The highest BCUT2D eigenvalue weighted by Gasteiger charge is 1.99. The van der Waals surface area contributed by atoms with Crippen LogP contribution in [0.4, 0.5) is 0 Å². The summed E-state index contributed by atoms with van der Waals surface area (Å²) in [7, 11) is 0. The van der Waals surface area contributed by atoms with Crippen molar-refractivity contribution in [3.8, 4) is 0 Å². The lowest BCUT2D eigenvalue weighted by Gasteiger charge is -2.07. The molecule has 0 fully saturated rings. The van der Waals surface area contributed by atoms with Crippen molar-refractivity contribution in [2.75, 3.05) is 6.61 Å². The quantitative estimate of drug-likeness (QED) is 0.443. The number of ether oxygens (including phenoxy) is 1. The second-order valence-corrected chi connectivity index (χ2v) is 2.26. The molecule has 0 unspecified atom stereocenters. The van der Waals surface area contributed by atoms with Gasteiger partial charge in [0.2, 0.25) is 0 Å². The van der Waals surface area contributed by atoms with Crippen LogP contribution in [0.3, 0.4) is 0 Å². The second-order valence-electron chi connectivity index (χ2n) is 2.26. The average molecular weight is 146 g/mol. The number of rotatable bonds is 6. The lowest BCUT2D eigenvalue weighted by Crippen LogP contribution is -2.06. The fourth-order valence-corrected chi connectivity index (χ4v) is 0.706. The Kier molecular flexibility index (Phi) is 6.18. The standard InChI is InChI=1S/C7H14O3/c1-7(10-6-9)4-2-3-5-8/h6-8H,2-5H2,1H3/t7-/m1/s1. The molecular weight excluding hydrogens is 132 g/mol. The van der Waals surface area contributed by atoms with Gasteiger partial charge in [-0.2, -0.15) is 0 Å². The van der Waals surface area contributed by atoms with Gasteiger partial charge in [-0.25, -0.2) is 0 Å². The van der Waals surface area contributed by atoms with E-state index in [1.54, 1.807) is 0 Å². The van der Waals surface area contributed by atoms with Crippen molar-refractivity contribution in [2.24, 2.45) is 0 Å². The Morgan fingerprint density at radius 3 is 2.80 bits per heavy atom. The zero-order chi connectivity index (χ0) is 7.82. The molecule has 10 heavy (non-hydrogen) atoms. The first kappa shape index (κ1) is 9.43. The van der Waals surface area contributed by atoms with E-state index in [2.05, 4.69) is 4.74 Å². The Morgan fingerprint density at radius 1 is 1.60 bits per heavy atom. The van der Waals surface area contributed by atoms with E-state index in [0.29, 0.717) is 6.47 Å². The minimum atomic E-state index is -0.0101. The summed E-state index contributed by atoms with van der Waals surface area (Å²) < 4.78 is 4.63. The third-order valence-corrected chi connectivity index (χ3v) is 1.31.